The summed E-state index contributed by atoms with van der Waals surface area (Å²) in [5.41, 5.74) is 3.24. The van der Waals surface area contributed by atoms with Crippen LogP contribution in [0.4, 0.5) is 0 Å². The van der Waals surface area contributed by atoms with Crippen LogP contribution in [0.25, 0.3) is 0 Å². The molecule has 0 aliphatic carbocycles. The van der Waals surface area contributed by atoms with Crippen LogP contribution < -0.4 is 0 Å². The van der Waals surface area contributed by atoms with Crippen molar-refractivity contribution >= 4 is 20.4 Å². The maximum Gasteiger partial charge on any atom is 0.0832 e. The number of hydrogen-bond acceptors (Lipinski definition) is 0. The lowest BCUT2D eigenvalue weighted by Gasteiger charge is -2.12. The van der Waals surface area contributed by atoms with Gasteiger partial charge in [-0.25, -0.2) is 0 Å². The Bertz CT molecular complexity index is 245. The maximum atomic E-state index is 6.25. The van der Waals surface area contributed by atoms with E-state index in [1.165, 1.54) is 5.56 Å². The normalized spacial score (nSPS) is 15.2. The number of benzene rings is 1. The molecule has 0 radical (unpaired) electrons. The maximum absolute atomic E-state index is 6.25. The van der Waals surface area contributed by atoms with E-state index in [0.29, 0.717) is 0 Å². The van der Waals surface area contributed by atoms with Crippen molar-refractivity contribution in [1.29, 1.82) is 0 Å². The second-order valence-electron chi connectivity index (χ2n) is 2.91. The van der Waals surface area contributed by atoms with Gasteiger partial charge < -0.3 is 0 Å². The van der Waals surface area contributed by atoms with Crippen LogP contribution >= 0.6 is 11.6 Å². The van der Waals surface area contributed by atoms with E-state index in [4.69, 9.17) is 11.6 Å². The summed E-state index contributed by atoms with van der Waals surface area (Å²) >= 11 is 6.25. The lowest BCUT2D eigenvalue weighted by molar-refractivity contribution is 1.31. The van der Waals surface area contributed by atoms with E-state index in [1.54, 1.807) is 0 Å². The molecule has 0 heterocycles. The fourth-order valence-corrected chi connectivity index (χ4v) is 2.58. The molecule has 0 aliphatic heterocycles. The first-order valence-corrected chi connectivity index (χ1v) is 6.99. The fraction of sp³-hybridized carbons (Fsp3) is 0.200. The fourth-order valence-electron chi connectivity index (χ4n) is 1.06. The third-order valence-electron chi connectivity index (χ3n) is 1.95. The van der Waals surface area contributed by atoms with Gasteiger partial charge in [-0.05, 0) is 5.56 Å². The molecule has 64 valence electrons. The van der Waals surface area contributed by atoms with E-state index in [-0.39, 0.29) is 5.00 Å². The smallest absolute Gasteiger partial charge is 0.0832 e. The molecule has 0 bridgehead atoms. The standard InChI is InChI=1S/C10H13ClSi/c1-3-12(2)10(11)9-7-5-4-6-8-9/h3-8,10,12H,1H2,2H3. The topological polar surface area (TPSA) is 0 Å². The molecule has 0 nitrogen and oxygen atoms in total. The minimum Gasteiger partial charge on any atom is -0.121 e. The lowest BCUT2D eigenvalue weighted by atomic mass is 10.2. The molecule has 0 aromatic heterocycles. The van der Waals surface area contributed by atoms with Gasteiger partial charge >= 0.3 is 0 Å². The van der Waals surface area contributed by atoms with Gasteiger partial charge in [0.15, 0.2) is 0 Å². The minimum absolute atomic E-state index is 0.184. The molecule has 1 rings (SSSR count). The van der Waals surface area contributed by atoms with Gasteiger partial charge in [-0.2, -0.15) is 0 Å². The van der Waals surface area contributed by atoms with Crippen LogP contribution in [0.5, 0.6) is 0 Å². The van der Waals surface area contributed by atoms with Gasteiger partial charge in [0.25, 0.3) is 0 Å². The van der Waals surface area contributed by atoms with Crippen molar-refractivity contribution in [2.75, 3.05) is 0 Å². The highest BCUT2D eigenvalue weighted by atomic mass is 35.5. The summed E-state index contributed by atoms with van der Waals surface area (Å²) in [6.45, 7) is 5.99. The average Bonchev–Trinajstić information content (AvgIpc) is 2.17. The Hall–Kier alpha value is -0.533. The van der Waals surface area contributed by atoms with E-state index in [0.717, 1.165) is 0 Å². The van der Waals surface area contributed by atoms with Crippen LogP contribution in [-0.2, 0) is 0 Å². The van der Waals surface area contributed by atoms with Gasteiger partial charge in [0.05, 0.1) is 13.8 Å². The van der Waals surface area contributed by atoms with Gasteiger partial charge in [-0.3, -0.25) is 0 Å². The molecule has 0 saturated heterocycles. The van der Waals surface area contributed by atoms with Gasteiger partial charge in [0, 0.05) is 0 Å². The summed E-state index contributed by atoms with van der Waals surface area (Å²) in [5.74, 6) is 0. The van der Waals surface area contributed by atoms with Crippen LogP contribution in [0.1, 0.15) is 10.6 Å². The van der Waals surface area contributed by atoms with Crippen molar-refractivity contribution in [3.63, 3.8) is 0 Å². The summed E-state index contributed by atoms with van der Waals surface area (Å²) < 4.78 is 0. The van der Waals surface area contributed by atoms with Gasteiger partial charge in [0.1, 0.15) is 0 Å². The zero-order valence-corrected chi connectivity index (χ0v) is 9.11. The van der Waals surface area contributed by atoms with E-state index < -0.39 is 8.80 Å². The van der Waals surface area contributed by atoms with E-state index in [9.17, 15) is 0 Å². The molecular weight excluding hydrogens is 184 g/mol. The van der Waals surface area contributed by atoms with Crippen molar-refractivity contribution < 1.29 is 0 Å². The second-order valence-corrected chi connectivity index (χ2v) is 6.66. The SMILES string of the molecule is C=C[SiH](C)C(Cl)c1ccccc1. The molecule has 2 atom stereocenters. The molecule has 0 amide bonds. The highest BCUT2D eigenvalue weighted by Crippen LogP contribution is 2.23. The van der Waals surface area contributed by atoms with Crippen LogP contribution in [-0.4, -0.2) is 8.80 Å². The first-order chi connectivity index (χ1) is 5.75. The third-order valence-corrected chi connectivity index (χ3v) is 5.45. The summed E-state index contributed by atoms with van der Waals surface area (Å²) in [7, 11) is -0.973. The molecule has 2 heteroatoms. The average molecular weight is 197 g/mol. The number of rotatable bonds is 3. The first kappa shape index (κ1) is 9.55. The number of hydrogen-bond donors (Lipinski definition) is 0. The van der Waals surface area contributed by atoms with E-state index >= 15 is 0 Å². The summed E-state index contributed by atoms with van der Waals surface area (Å²) in [4.78, 5) is 0. The Kier molecular flexibility index (Phi) is 3.57. The highest BCUT2D eigenvalue weighted by molar-refractivity contribution is 6.72. The van der Waals surface area contributed by atoms with Crippen LogP contribution in [0.3, 0.4) is 0 Å². The summed E-state index contributed by atoms with van der Waals surface area (Å²) in [5, 5.41) is 0.184. The van der Waals surface area contributed by atoms with Gasteiger partial charge in [-0.15, -0.1) is 23.9 Å². The van der Waals surface area contributed by atoms with Crippen LogP contribution in [0.15, 0.2) is 42.6 Å². The van der Waals surface area contributed by atoms with Crippen LogP contribution in [0.2, 0.25) is 6.55 Å². The number of halogens is 1. The van der Waals surface area contributed by atoms with Crippen LogP contribution in [0, 0.1) is 0 Å². The van der Waals surface area contributed by atoms with Crippen molar-refractivity contribution in [2.45, 2.75) is 11.5 Å². The first-order valence-electron chi connectivity index (χ1n) is 4.07. The number of alkyl halides is 1. The quantitative estimate of drug-likeness (QED) is 0.515. The summed E-state index contributed by atoms with van der Waals surface area (Å²) in [6.07, 6.45) is 0. The van der Waals surface area contributed by atoms with E-state index in [1.807, 2.05) is 23.9 Å². The molecule has 0 aliphatic rings. The predicted octanol–water partition coefficient (Wildman–Crippen LogP) is 3.09. The van der Waals surface area contributed by atoms with E-state index in [2.05, 4.69) is 25.3 Å². The molecular formula is C10H13ClSi. The van der Waals surface area contributed by atoms with Crippen molar-refractivity contribution in [3.05, 3.63) is 48.2 Å². The van der Waals surface area contributed by atoms with Crippen molar-refractivity contribution in [3.8, 4) is 0 Å². The molecule has 1 aromatic rings. The lowest BCUT2D eigenvalue weighted by Crippen LogP contribution is -2.11. The Morgan fingerprint density at radius 1 is 1.42 bits per heavy atom. The summed E-state index contributed by atoms with van der Waals surface area (Å²) in [6, 6.07) is 10.2. The monoisotopic (exact) mass is 196 g/mol. The van der Waals surface area contributed by atoms with Gasteiger partial charge in [-0.1, -0.05) is 36.9 Å². The largest absolute Gasteiger partial charge is 0.121 e. The second kappa shape index (κ2) is 4.48. The minimum atomic E-state index is -0.973. The zero-order chi connectivity index (χ0) is 8.97. The molecule has 12 heavy (non-hydrogen) atoms. The molecule has 1 aromatic carbocycles. The highest BCUT2D eigenvalue weighted by Gasteiger charge is 2.13. The Balaban J connectivity index is 2.78. The Morgan fingerprint density at radius 3 is 2.50 bits per heavy atom. The molecule has 0 spiro atoms. The van der Waals surface area contributed by atoms with Crippen molar-refractivity contribution in [1.82, 2.24) is 0 Å². The molecule has 2 unspecified atom stereocenters. The zero-order valence-electron chi connectivity index (χ0n) is 7.20. The molecule has 0 saturated carbocycles. The Morgan fingerprint density at radius 2 is 2.00 bits per heavy atom. The molecule has 0 fully saturated rings. The van der Waals surface area contributed by atoms with Crippen molar-refractivity contribution in [2.24, 2.45) is 0 Å². The third kappa shape index (κ3) is 2.22. The van der Waals surface area contributed by atoms with Gasteiger partial charge in [0.2, 0.25) is 0 Å². The Labute approximate surface area is 80.5 Å². The molecule has 0 N–H and O–H groups in total. The predicted molar refractivity (Wildman–Crippen MR) is 58.2 cm³/mol.